The summed E-state index contributed by atoms with van der Waals surface area (Å²) >= 11 is 0. The molecule has 1 aliphatic rings. The highest BCUT2D eigenvalue weighted by atomic mass is 32.2. The molecule has 6 heteroatoms. The molecule has 1 saturated carbocycles. The topological polar surface area (TPSA) is 74.7 Å². The fraction of sp³-hybridized carbons (Fsp3) is 0.941. The molecular formula is C17H33NO4S. The molecule has 0 saturated heterocycles. The molecule has 1 N–H and O–H groups in total. The van der Waals surface area contributed by atoms with E-state index in [1.165, 1.54) is 11.2 Å². The molecule has 136 valence electrons. The van der Waals surface area contributed by atoms with Crippen molar-refractivity contribution in [2.45, 2.75) is 77.2 Å². The molecule has 0 spiro atoms. The maximum atomic E-state index is 12.5. The Labute approximate surface area is 141 Å². The second kappa shape index (κ2) is 6.71. The molecule has 1 aliphatic carbocycles. The summed E-state index contributed by atoms with van der Waals surface area (Å²) in [7, 11) is -1.53. The number of rotatable bonds is 6. The van der Waals surface area contributed by atoms with Crippen molar-refractivity contribution in [1.29, 1.82) is 0 Å². The summed E-state index contributed by atoms with van der Waals surface area (Å²) in [6.07, 6.45) is 3.78. The fourth-order valence-corrected chi connectivity index (χ4v) is 3.90. The van der Waals surface area contributed by atoms with Crippen LogP contribution in [0.3, 0.4) is 0 Å². The SMILES string of the molecule is C[C@H]([C@H](C)N(C)C(=O)C1CC(O)(CCC(C)(C)C)C1)S(C)(=O)=O. The van der Waals surface area contributed by atoms with Crippen LogP contribution < -0.4 is 0 Å². The average Bonchev–Trinajstić information content (AvgIpc) is 2.36. The number of nitrogens with zero attached hydrogens (tertiary/aromatic N) is 1. The van der Waals surface area contributed by atoms with Crippen LogP contribution in [0.1, 0.15) is 60.3 Å². The van der Waals surface area contributed by atoms with Gasteiger partial charge >= 0.3 is 0 Å². The van der Waals surface area contributed by atoms with E-state index in [-0.39, 0.29) is 23.3 Å². The standard InChI is InChI=1S/C17H33NO4S/c1-12(13(2)23(7,21)22)18(6)15(19)14-10-17(20,11-14)9-8-16(3,4)5/h12-14,20H,8-11H2,1-7H3/t12-,13+,14?,17?/m0/s1. The Bertz CT molecular complexity index is 529. The van der Waals surface area contributed by atoms with E-state index >= 15 is 0 Å². The van der Waals surface area contributed by atoms with Gasteiger partial charge in [0.2, 0.25) is 5.91 Å². The molecule has 1 rings (SSSR count). The van der Waals surface area contributed by atoms with Crippen molar-refractivity contribution in [2.24, 2.45) is 11.3 Å². The van der Waals surface area contributed by atoms with Gasteiger partial charge in [-0.25, -0.2) is 8.42 Å². The summed E-state index contributed by atoms with van der Waals surface area (Å²) in [5, 5.41) is 9.88. The Morgan fingerprint density at radius 1 is 1.30 bits per heavy atom. The molecule has 0 heterocycles. The summed E-state index contributed by atoms with van der Waals surface area (Å²) in [4.78, 5) is 14.0. The monoisotopic (exact) mass is 347 g/mol. The maximum Gasteiger partial charge on any atom is 0.225 e. The zero-order valence-electron chi connectivity index (χ0n) is 15.6. The third-order valence-corrected chi connectivity index (χ3v) is 7.00. The number of carbonyl (C=O) groups is 1. The summed E-state index contributed by atoms with van der Waals surface area (Å²) < 4.78 is 23.3. The number of amides is 1. The molecule has 5 nitrogen and oxygen atoms in total. The molecule has 0 bridgehead atoms. The van der Waals surface area contributed by atoms with Gasteiger partial charge in [0.15, 0.2) is 9.84 Å². The molecule has 1 amide bonds. The minimum Gasteiger partial charge on any atom is -0.390 e. The largest absolute Gasteiger partial charge is 0.390 e. The number of hydrogen-bond acceptors (Lipinski definition) is 4. The van der Waals surface area contributed by atoms with Gasteiger partial charge in [0.25, 0.3) is 0 Å². The van der Waals surface area contributed by atoms with Crippen molar-refractivity contribution in [3.63, 3.8) is 0 Å². The first-order valence-electron chi connectivity index (χ1n) is 8.34. The van der Waals surface area contributed by atoms with Gasteiger partial charge in [-0.2, -0.15) is 0 Å². The van der Waals surface area contributed by atoms with Gasteiger partial charge in [0.1, 0.15) is 0 Å². The highest BCUT2D eigenvalue weighted by molar-refractivity contribution is 7.91. The number of aliphatic hydroxyl groups is 1. The van der Waals surface area contributed by atoms with Crippen molar-refractivity contribution in [3.8, 4) is 0 Å². The average molecular weight is 348 g/mol. The van der Waals surface area contributed by atoms with E-state index in [0.29, 0.717) is 19.3 Å². The van der Waals surface area contributed by atoms with Gasteiger partial charge in [-0.15, -0.1) is 0 Å². The molecule has 23 heavy (non-hydrogen) atoms. The van der Waals surface area contributed by atoms with Crippen LogP contribution >= 0.6 is 0 Å². The third kappa shape index (κ3) is 5.45. The summed E-state index contributed by atoms with van der Waals surface area (Å²) in [6.45, 7) is 9.80. The van der Waals surface area contributed by atoms with Crippen LogP contribution in [0.5, 0.6) is 0 Å². The van der Waals surface area contributed by atoms with E-state index in [4.69, 9.17) is 0 Å². The van der Waals surface area contributed by atoms with Gasteiger partial charge in [0, 0.05) is 25.3 Å². The van der Waals surface area contributed by atoms with Crippen molar-refractivity contribution in [1.82, 2.24) is 4.90 Å². The first kappa shape index (κ1) is 20.4. The van der Waals surface area contributed by atoms with E-state index in [2.05, 4.69) is 20.8 Å². The van der Waals surface area contributed by atoms with E-state index in [9.17, 15) is 18.3 Å². The van der Waals surface area contributed by atoms with Crippen molar-refractivity contribution in [3.05, 3.63) is 0 Å². The summed E-state index contributed by atoms with van der Waals surface area (Å²) in [5.74, 6) is -0.257. The number of carbonyl (C=O) groups excluding carboxylic acids is 1. The Balaban J connectivity index is 2.58. The normalized spacial score (nSPS) is 27.9. The number of sulfone groups is 1. The lowest BCUT2D eigenvalue weighted by Gasteiger charge is -2.46. The summed E-state index contributed by atoms with van der Waals surface area (Å²) in [5.41, 5.74) is -0.568. The zero-order valence-corrected chi connectivity index (χ0v) is 16.4. The van der Waals surface area contributed by atoms with Gasteiger partial charge in [-0.1, -0.05) is 20.8 Å². The van der Waals surface area contributed by atoms with Crippen molar-refractivity contribution < 1.29 is 18.3 Å². The minimum absolute atomic E-state index is 0.0616. The van der Waals surface area contributed by atoms with Crippen LogP contribution in [-0.4, -0.2) is 54.5 Å². The lowest BCUT2D eigenvalue weighted by atomic mass is 9.66. The Morgan fingerprint density at radius 3 is 2.17 bits per heavy atom. The van der Waals surface area contributed by atoms with E-state index in [1.807, 2.05) is 0 Å². The lowest BCUT2D eigenvalue weighted by molar-refractivity contribution is -0.153. The molecule has 0 aromatic carbocycles. The highest BCUT2D eigenvalue weighted by Crippen LogP contribution is 2.43. The van der Waals surface area contributed by atoms with Crippen LogP contribution in [-0.2, 0) is 14.6 Å². The van der Waals surface area contributed by atoms with E-state index < -0.39 is 20.7 Å². The molecule has 0 aliphatic heterocycles. The van der Waals surface area contributed by atoms with Crippen LogP contribution in [0, 0.1) is 11.3 Å². The van der Waals surface area contributed by atoms with Crippen LogP contribution in [0.2, 0.25) is 0 Å². The van der Waals surface area contributed by atoms with E-state index in [1.54, 1.807) is 20.9 Å². The predicted molar refractivity (Wildman–Crippen MR) is 92.9 cm³/mol. The quantitative estimate of drug-likeness (QED) is 0.799. The van der Waals surface area contributed by atoms with Crippen LogP contribution in [0.25, 0.3) is 0 Å². The van der Waals surface area contributed by atoms with Gasteiger partial charge < -0.3 is 10.0 Å². The van der Waals surface area contributed by atoms with Crippen LogP contribution in [0.4, 0.5) is 0 Å². The molecule has 0 radical (unpaired) electrons. The Hall–Kier alpha value is -0.620. The Morgan fingerprint density at radius 2 is 1.78 bits per heavy atom. The van der Waals surface area contributed by atoms with E-state index in [0.717, 1.165) is 6.42 Å². The predicted octanol–water partition coefficient (Wildman–Crippen LogP) is 2.23. The van der Waals surface area contributed by atoms with Gasteiger partial charge in [0.05, 0.1) is 10.9 Å². The molecular weight excluding hydrogens is 314 g/mol. The van der Waals surface area contributed by atoms with Crippen molar-refractivity contribution in [2.75, 3.05) is 13.3 Å². The fourth-order valence-electron chi connectivity index (χ4n) is 3.01. The minimum atomic E-state index is -3.19. The highest BCUT2D eigenvalue weighted by Gasteiger charge is 2.47. The molecule has 0 aromatic rings. The first-order valence-corrected chi connectivity index (χ1v) is 10.3. The summed E-state index contributed by atoms with van der Waals surface area (Å²) in [6, 6.07) is -0.374. The Kier molecular flexibility index (Phi) is 5.96. The smallest absolute Gasteiger partial charge is 0.225 e. The van der Waals surface area contributed by atoms with Crippen molar-refractivity contribution >= 4 is 15.7 Å². The molecule has 2 atom stereocenters. The van der Waals surface area contributed by atoms with Gasteiger partial charge in [-0.3, -0.25) is 4.79 Å². The molecule has 0 aromatic heterocycles. The first-order chi connectivity index (χ1) is 10.2. The zero-order chi connectivity index (χ0) is 18.2. The third-order valence-electron chi connectivity index (χ3n) is 5.26. The maximum absolute atomic E-state index is 12.5. The lowest BCUT2D eigenvalue weighted by Crippen LogP contribution is -2.54. The van der Waals surface area contributed by atoms with Crippen LogP contribution in [0.15, 0.2) is 0 Å². The second-order valence-corrected chi connectivity index (χ2v) is 11.0. The molecule has 1 fully saturated rings. The molecule has 0 unspecified atom stereocenters. The number of hydrogen-bond donors (Lipinski definition) is 1. The second-order valence-electron chi connectivity index (χ2n) is 8.61. The van der Waals surface area contributed by atoms with Gasteiger partial charge in [-0.05, 0) is 44.9 Å².